The van der Waals surface area contributed by atoms with E-state index in [2.05, 4.69) is 24.1 Å². The van der Waals surface area contributed by atoms with Crippen molar-refractivity contribution < 1.29 is 0 Å². The molecule has 0 bridgehead atoms. The molecule has 1 aromatic rings. The van der Waals surface area contributed by atoms with Crippen LogP contribution in [0, 0.1) is 6.92 Å². The van der Waals surface area contributed by atoms with E-state index in [1.54, 1.807) is 0 Å². The van der Waals surface area contributed by atoms with Crippen molar-refractivity contribution >= 4 is 17.3 Å². The van der Waals surface area contributed by atoms with Gasteiger partial charge in [-0.1, -0.05) is 23.7 Å². The molecule has 1 aromatic carbocycles. The number of aryl methyl sites for hydroxylation is 1. The normalized spacial score (nSPS) is 10.1. The summed E-state index contributed by atoms with van der Waals surface area (Å²) < 4.78 is 0. The fourth-order valence-electron chi connectivity index (χ4n) is 1.43. The number of rotatable bonds is 7. The molecule has 0 heterocycles. The van der Waals surface area contributed by atoms with Crippen molar-refractivity contribution in [1.29, 1.82) is 0 Å². The van der Waals surface area contributed by atoms with Crippen molar-refractivity contribution in [2.45, 2.75) is 13.3 Å². The van der Waals surface area contributed by atoms with Gasteiger partial charge in [0.15, 0.2) is 0 Å². The average Bonchev–Trinajstić information content (AvgIpc) is 2.28. The molecule has 0 aliphatic rings. The van der Waals surface area contributed by atoms with Gasteiger partial charge in [-0.05, 0) is 37.6 Å². The van der Waals surface area contributed by atoms with E-state index in [0.717, 1.165) is 36.8 Å². The summed E-state index contributed by atoms with van der Waals surface area (Å²) in [5, 5.41) is 7.42. The van der Waals surface area contributed by atoms with E-state index >= 15 is 0 Å². The second kappa shape index (κ2) is 7.31. The van der Waals surface area contributed by atoms with Crippen molar-refractivity contribution in [3.05, 3.63) is 41.4 Å². The van der Waals surface area contributed by atoms with Crippen LogP contribution in [0.25, 0.3) is 0 Å². The first-order chi connectivity index (χ1) is 7.74. The molecule has 0 atom stereocenters. The van der Waals surface area contributed by atoms with Crippen molar-refractivity contribution in [2.75, 3.05) is 25.0 Å². The molecule has 0 aromatic heterocycles. The molecule has 0 spiro atoms. The maximum Gasteiger partial charge on any atom is 0.0426 e. The van der Waals surface area contributed by atoms with Gasteiger partial charge in [-0.25, -0.2) is 0 Å². The summed E-state index contributed by atoms with van der Waals surface area (Å²) in [7, 11) is 0. The molecule has 0 aliphatic carbocycles. The number of hydrogen-bond donors (Lipinski definition) is 2. The highest BCUT2D eigenvalue weighted by Crippen LogP contribution is 2.19. The molecule has 2 N–H and O–H groups in total. The molecule has 0 unspecified atom stereocenters. The number of anilines is 1. The van der Waals surface area contributed by atoms with Gasteiger partial charge < -0.3 is 10.6 Å². The molecule has 16 heavy (non-hydrogen) atoms. The van der Waals surface area contributed by atoms with Gasteiger partial charge in [0.25, 0.3) is 0 Å². The third kappa shape index (κ3) is 4.69. The summed E-state index contributed by atoms with van der Waals surface area (Å²) in [5.74, 6) is 0. The van der Waals surface area contributed by atoms with E-state index in [0.29, 0.717) is 0 Å². The van der Waals surface area contributed by atoms with Gasteiger partial charge in [0.1, 0.15) is 0 Å². The van der Waals surface area contributed by atoms with E-state index in [4.69, 9.17) is 11.6 Å². The lowest BCUT2D eigenvalue weighted by Crippen LogP contribution is -2.17. The van der Waals surface area contributed by atoms with Crippen LogP contribution in [0.4, 0.5) is 5.69 Å². The van der Waals surface area contributed by atoms with Crippen molar-refractivity contribution in [1.82, 2.24) is 5.32 Å². The number of benzene rings is 1. The van der Waals surface area contributed by atoms with Crippen LogP contribution in [-0.4, -0.2) is 19.6 Å². The van der Waals surface area contributed by atoms with Gasteiger partial charge in [0.2, 0.25) is 0 Å². The van der Waals surface area contributed by atoms with Gasteiger partial charge in [-0.2, -0.15) is 0 Å². The Balaban J connectivity index is 2.26. The highest BCUT2D eigenvalue weighted by atomic mass is 35.5. The SMILES string of the molecule is C=CCNCCCNc1cc(Cl)ccc1C. The zero-order chi connectivity index (χ0) is 11.8. The molecule has 0 amide bonds. The third-order valence-electron chi connectivity index (χ3n) is 2.33. The van der Waals surface area contributed by atoms with Crippen molar-refractivity contribution in [2.24, 2.45) is 0 Å². The van der Waals surface area contributed by atoms with Gasteiger partial charge in [0.05, 0.1) is 0 Å². The van der Waals surface area contributed by atoms with E-state index in [1.165, 1.54) is 5.56 Å². The lowest BCUT2D eigenvalue weighted by atomic mass is 10.2. The van der Waals surface area contributed by atoms with E-state index < -0.39 is 0 Å². The largest absolute Gasteiger partial charge is 0.385 e. The minimum atomic E-state index is 0.776. The van der Waals surface area contributed by atoms with Crippen LogP contribution in [0.15, 0.2) is 30.9 Å². The monoisotopic (exact) mass is 238 g/mol. The number of hydrogen-bond acceptors (Lipinski definition) is 2. The highest BCUT2D eigenvalue weighted by Gasteiger charge is 1.97. The molecular weight excluding hydrogens is 220 g/mol. The molecule has 0 aliphatic heterocycles. The summed E-state index contributed by atoms with van der Waals surface area (Å²) >= 11 is 5.93. The van der Waals surface area contributed by atoms with Gasteiger partial charge in [-0.15, -0.1) is 6.58 Å². The predicted octanol–water partition coefficient (Wildman–Crippen LogP) is 3.23. The number of halogens is 1. The molecule has 0 radical (unpaired) electrons. The Morgan fingerprint density at radius 3 is 2.94 bits per heavy atom. The fraction of sp³-hybridized carbons (Fsp3) is 0.385. The fourth-order valence-corrected chi connectivity index (χ4v) is 1.60. The first-order valence-corrected chi connectivity index (χ1v) is 5.93. The van der Waals surface area contributed by atoms with Crippen LogP contribution >= 0.6 is 11.6 Å². The standard InChI is InChI=1S/C13H19ClN2/c1-3-7-15-8-4-9-16-13-10-12(14)6-5-11(13)2/h3,5-6,10,15-16H,1,4,7-9H2,2H3. The summed E-state index contributed by atoms with van der Waals surface area (Å²) in [4.78, 5) is 0. The molecule has 0 saturated heterocycles. The second-order valence-electron chi connectivity index (χ2n) is 3.73. The maximum atomic E-state index is 5.93. The summed E-state index contributed by atoms with van der Waals surface area (Å²) in [6.45, 7) is 8.55. The summed E-state index contributed by atoms with van der Waals surface area (Å²) in [6, 6.07) is 5.91. The summed E-state index contributed by atoms with van der Waals surface area (Å²) in [6.07, 6.45) is 2.95. The van der Waals surface area contributed by atoms with Gasteiger partial charge in [0, 0.05) is 23.8 Å². The zero-order valence-corrected chi connectivity index (χ0v) is 10.5. The average molecular weight is 239 g/mol. The molecular formula is C13H19ClN2. The van der Waals surface area contributed by atoms with Crippen molar-refractivity contribution in [3.8, 4) is 0 Å². The second-order valence-corrected chi connectivity index (χ2v) is 4.17. The Kier molecular flexibility index (Phi) is 5.98. The Morgan fingerprint density at radius 2 is 2.19 bits per heavy atom. The molecule has 88 valence electrons. The highest BCUT2D eigenvalue weighted by molar-refractivity contribution is 6.30. The van der Waals surface area contributed by atoms with E-state index in [1.807, 2.05) is 24.3 Å². The van der Waals surface area contributed by atoms with Gasteiger partial charge in [-0.3, -0.25) is 0 Å². The Bertz CT molecular complexity index is 337. The third-order valence-corrected chi connectivity index (χ3v) is 2.57. The smallest absolute Gasteiger partial charge is 0.0426 e. The molecule has 1 rings (SSSR count). The summed E-state index contributed by atoms with van der Waals surface area (Å²) in [5.41, 5.74) is 2.35. The quantitative estimate of drug-likeness (QED) is 0.563. The first kappa shape index (κ1) is 13.1. The zero-order valence-electron chi connectivity index (χ0n) is 9.72. The molecule has 2 nitrogen and oxygen atoms in total. The number of nitrogens with one attached hydrogen (secondary N) is 2. The lowest BCUT2D eigenvalue weighted by Gasteiger charge is -2.09. The minimum Gasteiger partial charge on any atom is -0.385 e. The lowest BCUT2D eigenvalue weighted by molar-refractivity contribution is 0.711. The van der Waals surface area contributed by atoms with Crippen LogP contribution in [0.3, 0.4) is 0 Å². The van der Waals surface area contributed by atoms with Crippen molar-refractivity contribution in [3.63, 3.8) is 0 Å². The van der Waals surface area contributed by atoms with E-state index in [9.17, 15) is 0 Å². The Morgan fingerprint density at radius 1 is 1.38 bits per heavy atom. The predicted molar refractivity (Wildman–Crippen MR) is 72.4 cm³/mol. The first-order valence-electron chi connectivity index (χ1n) is 5.55. The van der Waals surface area contributed by atoms with Crippen LogP contribution in [-0.2, 0) is 0 Å². The van der Waals surface area contributed by atoms with Gasteiger partial charge >= 0.3 is 0 Å². The van der Waals surface area contributed by atoms with Crippen LogP contribution in [0.2, 0.25) is 5.02 Å². The maximum absolute atomic E-state index is 5.93. The molecule has 0 fully saturated rings. The minimum absolute atomic E-state index is 0.776. The topological polar surface area (TPSA) is 24.1 Å². The van der Waals surface area contributed by atoms with E-state index in [-0.39, 0.29) is 0 Å². The molecule has 3 heteroatoms. The Hall–Kier alpha value is -0.990. The van der Waals surface area contributed by atoms with Crippen LogP contribution < -0.4 is 10.6 Å². The van der Waals surface area contributed by atoms with Crippen LogP contribution in [0.5, 0.6) is 0 Å². The molecule has 0 saturated carbocycles. The van der Waals surface area contributed by atoms with Crippen LogP contribution in [0.1, 0.15) is 12.0 Å². The Labute approximate surface area is 103 Å².